The van der Waals surface area contributed by atoms with Crippen molar-refractivity contribution >= 4 is 39.8 Å². The molecule has 0 atom stereocenters. The minimum Gasteiger partial charge on any atom is -0.306 e. The number of pyridine rings is 1. The number of fused-ring (bicyclic) bond motifs is 1. The summed E-state index contributed by atoms with van der Waals surface area (Å²) >= 11 is 2.76. The van der Waals surface area contributed by atoms with Crippen molar-refractivity contribution in [2.24, 2.45) is 0 Å². The molecule has 0 fully saturated rings. The van der Waals surface area contributed by atoms with E-state index < -0.39 is 0 Å². The van der Waals surface area contributed by atoms with Crippen molar-refractivity contribution in [1.29, 1.82) is 0 Å². The molecule has 9 heteroatoms. The van der Waals surface area contributed by atoms with E-state index in [1.807, 2.05) is 24.4 Å². The molecule has 0 spiro atoms. The van der Waals surface area contributed by atoms with Crippen LogP contribution in [0.4, 0.5) is 9.52 Å². The second-order valence-corrected chi connectivity index (χ2v) is 7.53. The number of amides is 1. The average Bonchev–Trinajstić information content (AvgIpc) is 3.28. The van der Waals surface area contributed by atoms with Crippen LogP contribution in [0.15, 0.2) is 59.2 Å². The summed E-state index contributed by atoms with van der Waals surface area (Å²) < 4.78 is 15.4. The Morgan fingerprint density at radius 2 is 2.04 bits per heavy atom. The first kappa shape index (κ1) is 16.7. The van der Waals surface area contributed by atoms with E-state index in [4.69, 9.17) is 0 Å². The average molecular weight is 385 g/mol. The van der Waals surface area contributed by atoms with Crippen molar-refractivity contribution in [2.45, 2.75) is 10.1 Å². The number of hydrogen-bond acceptors (Lipinski definition) is 6. The number of hydrogen-bond donors (Lipinski definition) is 1. The summed E-state index contributed by atoms with van der Waals surface area (Å²) in [6.07, 6.45) is 3.49. The molecule has 1 amide bonds. The number of thioether (sulfide) groups is 1. The topological polar surface area (TPSA) is 72.2 Å². The summed E-state index contributed by atoms with van der Waals surface area (Å²) in [5.74, 6) is 0.0569. The lowest BCUT2D eigenvalue weighted by molar-refractivity contribution is 0.102. The summed E-state index contributed by atoms with van der Waals surface area (Å²) in [5.41, 5.74) is 2.00. The summed E-state index contributed by atoms with van der Waals surface area (Å²) in [6.45, 7) is 0. The third-order valence-corrected chi connectivity index (χ3v) is 5.54. The fraction of sp³-hybridized carbons (Fsp3) is 0.0588. The van der Waals surface area contributed by atoms with Crippen LogP contribution in [0.2, 0.25) is 0 Å². The number of benzene rings is 1. The van der Waals surface area contributed by atoms with E-state index in [1.165, 1.54) is 35.2 Å². The fourth-order valence-corrected chi connectivity index (χ4v) is 3.95. The van der Waals surface area contributed by atoms with Crippen LogP contribution < -0.4 is 5.32 Å². The number of rotatable bonds is 5. The molecule has 0 radical (unpaired) electrons. The quantitative estimate of drug-likeness (QED) is 0.417. The Balaban J connectivity index is 1.39. The van der Waals surface area contributed by atoms with Crippen LogP contribution in [0.25, 0.3) is 5.65 Å². The van der Waals surface area contributed by atoms with Gasteiger partial charge in [0.15, 0.2) is 4.34 Å². The summed E-state index contributed by atoms with van der Waals surface area (Å²) in [4.78, 5) is 16.6. The summed E-state index contributed by atoms with van der Waals surface area (Å²) in [7, 11) is 0. The third kappa shape index (κ3) is 3.73. The van der Waals surface area contributed by atoms with E-state index in [0.717, 1.165) is 9.90 Å². The molecule has 0 aliphatic heterocycles. The number of halogens is 1. The largest absolute Gasteiger partial charge is 0.306 e. The van der Waals surface area contributed by atoms with Gasteiger partial charge in [0.1, 0.15) is 17.2 Å². The van der Waals surface area contributed by atoms with Crippen LogP contribution >= 0.6 is 23.1 Å². The minimum absolute atomic E-state index is 0.258. The molecule has 0 unspecified atom stereocenters. The number of carbonyl (C=O) groups excluding carboxylic acids is 1. The molecule has 1 aromatic carbocycles. The maximum absolute atomic E-state index is 12.9. The van der Waals surface area contributed by atoms with E-state index in [1.54, 1.807) is 22.7 Å². The van der Waals surface area contributed by atoms with Gasteiger partial charge in [0.2, 0.25) is 5.13 Å². The minimum atomic E-state index is -0.333. The normalized spacial score (nSPS) is 11.0. The van der Waals surface area contributed by atoms with Crippen LogP contribution in [-0.2, 0) is 5.75 Å². The van der Waals surface area contributed by atoms with Gasteiger partial charge in [-0.05, 0) is 29.8 Å². The van der Waals surface area contributed by atoms with Crippen LogP contribution in [0.1, 0.15) is 16.1 Å². The van der Waals surface area contributed by atoms with E-state index in [2.05, 4.69) is 20.5 Å². The SMILES string of the molecule is O=C(Nc1nnc(SCc2ccc(F)cc2)s1)c1cn2ccccc2n1. The smallest absolute Gasteiger partial charge is 0.277 e. The van der Waals surface area contributed by atoms with Crippen LogP contribution in [0.5, 0.6) is 0 Å². The van der Waals surface area contributed by atoms with E-state index in [0.29, 0.717) is 22.2 Å². The third-order valence-electron chi connectivity index (χ3n) is 3.50. The summed E-state index contributed by atoms with van der Waals surface area (Å²) in [5, 5.41) is 11.2. The van der Waals surface area contributed by atoms with Gasteiger partial charge in [-0.25, -0.2) is 9.37 Å². The Hall–Kier alpha value is -2.78. The Labute approximate surface area is 156 Å². The van der Waals surface area contributed by atoms with Gasteiger partial charge in [-0.15, -0.1) is 10.2 Å². The number of nitrogens with zero attached hydrogens (tertiary/aromatic N) is 4. The number of nitrogens with one attached hydrogen (secondary N) is 1. The molecule has 130 valence electrons. The summed E-state index contributed by atoms with van der Waals surface area (Å²) in [6, 6.07) is 11.9. The molecule has 0 saturated carbocycles. The molecule has 0 saturated heterocycles. The second kappa shape index (κ2) is 7.22. The Morgan fingerprint density at radius 3 is 2.85 bits per heavy atom. The van der Waals surface area contributed by atoms with Crippen molar-refractivity contribution in [3.63, 3.8) is 0 Å². The number of anilines is 1. The Kier molecular flexibility index (Phi) is 4.63. The fourth-order valence-electron chi connectivity index (χ4n) is 2.25. The molecule has 0 bridgehead atoms. The van der Waals surface area contributed by atoms with Crippen molar-refractivity contribution < 1.29 is 9.18 Å². The van der Waals surface area contributed by atoms with Crippen molar-refractivity contribution in [3.05, 3.63) is 71.9 Å². The molecular formula is C17H12FN5OS2. The molecule has 4 aromatic rings. The molecule has 6 nitrogen and oxygen atoms in total. The maximum Gasteiger partial charge on any atom is 0.277 e. The first-order valence-electron chi connectivity index (χ1n) is 7.63. The van der Waals surface area contributed by atoms with Crippen molar-refractivity contribution in [2.75, 3.05) is 5.32 Å². The molecule has 26 heavy (non-hydrogen) atoms. The highest BCUT2D eigenvalue weighted by molar-refractivity contribution is 8.00. The van der Waals surface area contributed by atoms with Crippen LogP contribution in [-0.4, -0.2) is 25.5 Å². The molecule has 4 rings (SSSR count). The van der Waals surface area contributed by atoms with Gasteiger partial charge in [-0.1, -0.05) is 41.3 Å². The Morgan fingerprint density at radius 1 is 1.19 bits per heavy atom. The molecule has 3 heterocycles. The van der Waals surface area contributed by atoms with Gasteiger partial charge in [0.05, 0.1) is 0 Å². The highest BCUT2D eigenvalue weighted by Gasteiger charge is 2.14. The molecule has 0 aliphatic carbocycles. The Bertz CT molecular complexity index is 1030. The van der Waals surface area contributed by atoms with Crippen LogP contribution in [0.3, 0.4) is 0 Å². The maximum atomic E-state index is 12.9. The number of aromatic nitrogens is 4. The van der Waals surface area contributed by atoms with Crippen molar-refractivity contribution in [1.82, 2.24) is 19.6 Å². The second-order valence-electron chi connectivity index (χ2n) is 5.33. The zero-order chi connectivity index (χ0) is 17.9. The van der Waals surface area contributed by atoms with Crippen LogP contribution in [0, 0.1) is 5.82 Å². The monoisotopic (exact) mass is 385 g/mol. The lowest BCUT2D eigenvalue weighted by Crippen LogP contribution is -2.12. The lowest BCUT2D eigenvalue weighted by Gasteiger charge is -1.98. The van der Waals surface area contributed by atoms with E-state index in [-0.39, 0.29) is 11.7 Å². The first-order chi connectivity index (χ1) is 12.7. The molecule has 3 aromatic heterocycles. The highest BCUT2D eigenvalue weighted by Crippen LogP contribution is 2.28. The number of carbonyl (C=O) groups is 1. The number of imidazole rings is 1. The van der Waals surface area contributed by atoms with Gasteiger partial charge < -0.3 is 4.40 Å². The lowest BCUT2D eigenvalue weighted by atomic mass is 10.2. The first-order valence-corrected chi connectivity index (χ1v) is 9.43. The zero-order valence-electron chi connectivity index (χ0n) is 13.3. The van der Waals surface area contributed by atoms with Gasteiger partial charge >= 0.3 is 0 Å². The van der Waals surface area contributed by atoms with Gasteiger partial charge in [-0.3, -0.25) is 10.1 Å². The highest BCUT2D eigenvalue weighted by atomic mass is 32.2. The van der Waals surface area contributed by atoms with Gasteiger partial charge in [0.25, 0.3) is 5.91 Å². The van der Waals surface area contributed by atoms with Gasteiger partial charge in [-0.2, -0.15) is 0 Å². The van der Waals surface area contributed by atoms with Gasteiger partial charge in [0, 0.05) is 18.1 Å². The zero-order valence-corrected chi connectivity index (χ0v) is 14.9. The van der Waals surface area contributed by atoms with E-state index in [9.17, 15) is 9.18 Å². The predicted octanol–water partition coefficient (Wildman–Crippen LogP) is 3.87. The van der Waals surface area contributed by atoms with Crippen molar-refractivity contribution in [3.8, 4) is 0 Å². The standard InChI is InChI=1S/C17H12FN5OS2/c18-12-6-4-11(5-7-12)10-25-17-22-21-16(26-17)20-15(24)13-9-23-8-2-1-3-14(23)19-13/h1-9H,10H2,(H,20,21,24). The predicted molar refractivity (Wildman–Crippen MR) is 99.0 cm³/mol. The van der Waals surface area contributed by atoms with E-state index >= 15 is 0 Å². The molecule has 1 N–H and O–H groups in total. The molecule has 0 aliphatic rings. The molecular weight excluding hydrogens is 373 g/mol.